The fourth-order valence-electron chi connectivity index (χ4n) is 4.47. The molecule has 0 radical (unpaired) electrons. The maximum absolute atomic E-state index is 14.4. The van der Waals surface area contributed by atoms with E-state index >= 15 is 0 Å². The number of nitrogens with two attached hydrogens (primary N) is 1. The average Bonchev–Trinajstić information content (AvgIpc) is 3.22. The Morgan fingerprint density at radius 2 is 2.17 bits per heavy atom. The average molecular weight is 494 g/mol. The molecule has 0 bridgehead atoms. The molecule has 0 fully saturated rings. The lowest BCUT2D eigenvalue weighted by Crippen LogP contribution is -2.32. The van der Waals surface area contributed by atoms with E-state index in [1.807, 2.05) is 6.08 Å². The molecule has 3 aromatic rings. The predicted octanol–water partition coefficient (Wildman–Crippen LogP) is 1.03. The van der Waals surface area contributed by atoms with Gasteiger partial charge in [-0.05, 0) is 30.2 Å². The summed E-state index contributed by atoms with van der Waals surface area (Å²) >= 11 is 0. The minimum atomic E-state index is -1.56. The molecule has 2 aliphatic heterocycles. The van der Waals surface area contributed by atoms with E-state index in [0.29, 0.717) is 27.9 Å². The standard InChI is InChI=1S/C25H23FN4O6/c1-12-5-14-13(3-2-4-35-11-28-21(31)8-27)16-9-30-20(22(16)29-19(14)7-18(12)26)6-15-17(24(30)33)10-36-25(34)23(15)32/h2-3,5-7,23,32H,4,8-11,27H2,1H3,(H,28,31)/b3-2+/t23-/m0/s1. The van der Waals surface area contributed by atoms with Gasteiger partial charge < -0.3 is 30.2 Å². The van der Waals surface area contributed by atoms with Crippen molar-refractivity contribution in [1.82, 2.24) is 14.9 Å². The molecule has 11 heteroatoms. The molecule has 1 atom stereocenters. The summed E-state index contributed by atoms with van der Waals surface area (Å²) in [5, 5.41) is 13.5. The Morgan fingerprint density at radius 3 is 2.94 bits per heavy atom. The van der Waals surface area contributed by atoms with Crippen molar-refractivity contribution in [3.05, 3.63) is 68.3 Å². The Kier molecular flexibility index (Phi) is 6.12. The molecule has 0 spiro atoms. The summed E-state index contributed by atoms with van der Waals surface area (Å²) < 4.78 is 26.3. The van der Waals surface area contributed by atoms with Gasteiger partial charge in [0, 0.05) is 22.6 Å². The first-order valence-electron chi connectivity index (χ1n) is 11.3. The molecule has 186 valence electrons. The van der Waals surface area contributed by atoms with Gasteiger partial charge in [-0.2, -0.15) is 0 Å². The number of hydrogen-bond acceptors (Lipinski definition) is 8. The van der Waals surface area contributed by atoms with Crippen molar-refractivity contribution >= 4 is 28.9 Å². The smallest absolute Gasteiger partial charge is 0.340 e. The molecule has 1 amide bonds. The number of esters is 1. The van der Waals surface area contributed by atoms with Gasteiger partial charge in [0.1, 0.15) is 19.2 Å². The van der Waals surface area contributed by atoms with Gasteiger partial charge in [0.25, 0.3) is 5.56 Å². The van der Waals surface area contributed by atoms with E-state index in [1.165, 1.54) is 10.6 Å². The molecule has 0 unspecified atom stereocenters. The molecular formula is C25H23FN4O6. The van der Waals surface area contributed by atoms with E-state index in [-0.39, 0.29) is 55.6 Å². The Bertz CT molecular complexity index is 1510. The van der Waals surface area contributed by atoms with Crippen LogP contribution < -0.4 is 16.6 Å². The summed E-state index contributed by atoms with van der Waals surface area (Å²) in [5.74, 6) is -1.57. The highest BCUT2D eigenvalue weighted by Crippen LogP contribution is 2.38. The molecule has 5 rings (SSSR count). The molecule has 1 aromatic carbocycles. The van der Waals surface area contributed by atoms with Gasteiger partial charge in [0.15, 0.2) is 6.10 Å². The first-order chi connectivity index (χ1) is 17.3. The summed E-state index contributed by atoms with van der Waals surface area (Å²) in [7, 11) is 0. The summed E-state index contributed by atoms with van der Waals surface area (Å²) in [6.45, 7) is 1.68. The number of aryl methyl sites for hydroxylation is 1. The molecule has 4 N–H and O–H groups in total. The Hall–Kier alpha value is -3.93. The van der Waals surface area contributed by atoms with Crippen molar-refractivity contribution in [1.29, 1.82) is 0 Å². The van der Waals surface area contributed by atoms with Crippen molar-refractivity contribution in [2.45, 2.75) is 26.2 Å². The maximum Gasteiger partial charge on any atom is 0.340 e. The largest absolute Gasteiger partial charge is 0.458 e. The van der Waals surface area contributed by atoms with Gasteiger partial charge in [0.2, 0.25) is 5.91 Å². The molecule has 2 aliphatic rings. The van der Waals surface area contributed by atoms with Crippen LogP contribution in [0.15, 0.2) is 29.1 Å². The predicted molar refractivity (Wildman–Crippen MR) is 127 cm³/mol. The number of cyclic esters (lactones) is 1. The van der Waals surface area contributed by atoms with Gasteiger partial charge >= 0.3 is 5.97 Å². The van der Waals surface area contributed by atoms with Crippen LogP contribution in [0.3, 0.4) is 0 Å². The second kappa shape index (κ2) is 9.26. The van der Waals surface area contributed by atoms with Crippen molar-refractivity contribution in [3.8, 4) is 11.4 Å². The van der Waals surface area contributed by atoms with E-state index in [9.17, 15) is 23.9 Å². The van der Waals surface area contributed by atoms with E-state index < -0.39 is 17.9 Å². The van der Waals surface area contributed by atoms with E-state index in [2.05, 4.69) is 10.3 Å². The maximum atomic E-state index is 14.4. The number of nitrogens with one attached hydrogen (secondary N) is 1. The highest BCUT2D eigenvalue weighted by atomic mass is 19.1. The number of carbonyl (C=O) groups is 2. The molecule has 0 saturated heterocycles. The Morgan fingerprint density at radius 1 is 1.36 bits per heavy atom. The van der Waals surface area contributed by atoms with Crippen LogP contribution in [0.1, 0.15) is 33.9 Å². The first-order valence-corrected chi connectivity index (χ1v) is 11.3. The van der Waals surface area contributed by atoms with Crippen LogP contribution in [0, 0.1) is 12.7 Å². The van der Waals surface area contributed by atoms with Gasteiger partial charge in [-0.25, -0.2) is 14.2 Å². The number of aliphatic hydroxyl groups excluding tert-OH is 1. The number of amides is 1. The molecule has 10 nitrogen and oxygen atoms in total. The molecule has 36 heavy (non-hydrogen) atoms. The van der Waals surface area contributed by atoms with Crippen molar-refractivity contribution in [2.24, 2.45) is 5.73 Å². The third-order valence-electron chi connectivity index (χ3n) is 6.34. The third-order valence-corrected chi connectivity index (χ3v) is 6.34. The topological polar surface area (TPSA) is 146 Å². The lowest BCUT2D eigenvalue weighted by Gasteiger charge is -2.21. The number of halogens is 1. The van der Waals surface area contributed by atoms with Crippen molar-refractivity contribution in [2.75, 3.05) is 19.9 Å². The lowest BCUT2D eigenvalue weighted by atomic mass is 9.97. The van der Waals surface area contributed by atoms with Crippen LogP contribution in [0.25, 0.3) is 28.4 Å². The SMILES string of the molecule is Cc1cc2c(/C=C/COCNC(=O)CN)c3c(nc2cc1F)-c1cc2c(c(=O)n1C3)COC(=O)[C@H]2O. The minimum Gasteiger partial charge on any atom is -0.458 e. The van der Waals surface area contributed by atoms with E-state index in [4.69, 9.17) is 15.2 Å². The number of aliphatic hydroxyl groups is 1. The van der Waals surface area contributed by atoms with Gasteiger partial charge in [0.05, 0.1) is 42.2 Å². The van der Waals surface area contributed by atoms with Crippen LogP contribution in [0.5, 0.6) is 0 Å². The molecule has 4 heterocycles. The zero-order valence-corrected chi connectivity index (χ0v) is 19.3. The van der Waals surface area contributed by atoms with Gasteiger partial charge in [-0.1, -0.05) is 12.2 Å². The van der Waals surface area contributed by atoms with E-state index in [1.54, 1.807) is 25.1 Å². The zero-order chi connectivity index (χ0) is 25.6. The fraction of sp³-hybridized carbons (Fsp3) is 0.280. The Labute approximate surface area is 204 Å². The molecule has 0 aliphatic carbocycles. The number of benzene rings is 1. The minimum absolute atomic E-state index is 0.00456. The summed E-state index contributed by atoms with van der Waals surface area (Å²) in [6.07, 6.45) is 1.99. The second-order valence-electron chi connectivity index (χ2n) is 8.56. The fourth-order valence-corrected chi connectivity index (χ4v) is 4.47. The monoisotopic (exact) mass is 494 g/mol. The summed E-state index contributed by atoms with van der Waals surface area (Å²) in [5.41, 5.74) is 8.48. The number of carbonyl (C=O) groups excluding carboxylic acids is 2. The summed E-state index contributed by atoms with van der Waals surface area (Å²) in [4.78, 5) is 41.0. The van der Waals surface area contributed by atoms with Crippen LogP contribution in [-0.2, 0) is 32.2 Å². The molecule has 0 saturated carbocycles. The molecule has 2 aromatic heterocycles. The van der Waals surface area contributed by atoms with Crippen LogP contribution in [0.4, 0.5) is 4.39 Å². The lowest BCUT2D eigenvalue weighted by molar-refractivity contribution is -0.157. The number of hydrogen-bond donors (Lipinski definition) is 3. The van der Waals surface area contributed by atoms with Crippen LogP contribution in [-0.4, -0.2) is 46.4 Å². The van der Waals surface area contributed by atoms with Gasteiger partial charge in [-0.15, -0.1) is 0 Å². The van der Waals surface area contributed by atoms with E-state index in [0.717, 1.165) is 11.1 Å². The number of nitrogens with zero attached hydrogens (tertiary/aromatic N) is 2. The van der Waals surface area contributed by atoms with Crippen LogP contribution in [0.2, 0.25) is 0 Å². The quantitative estimate of drug-likeness (QED) is 0.205. The number of rotatable bonds is 6. The molecular weight excluding hydrogens is 471 g/mol. The zero-order valence-electron chi connectivity index (χ0n) is 19.3. The van der Waals surface area contributed by atoms with Crippen molar-refractivity contribution < 1.29 is 28.6 Å². The normalized spacial score (nSPS) is 16.1. The third kappa shape index (κ3) is 3.96. The van der Waals surface area contributed by atoms with Crippen molar-refractivity contribution in [3.63, 3.8) is 0 Å². The number of fused-ring (bicyclic) bond motifs is 5. The second-order valence-corrected chi connectivity index (χ2v) is 8.56. The first kappa shape index (κ1) is 23.8. The Balaban J connectivity index is 1.59. The van der Waals surface area contributed by atoms with Gasteiger partial charge in [-0.3, -0.25) is 9.59 Å². The highest BCUT2D eigenvalue weighted by Gasteiger charge is 2.34. The number of ether oxygens (including phenoxy) is 2. The number of pyridine rings is 2. The highest BCUT2D eigenvalue weighted by molar-refractivity contribution is 5.94. The van der Waals surface area contributed by atoms with Crippen LogP contribution >= 0.6 is 0 Å². The summed E-state index contributed by atoms with van der Waals surface area (Å²) in [6, 6.07) is 4.62. The number of aromatic nitrogens is 2.